The summed E-state index contributed by atoms with van der Waals surface area (Å²) in [5.41, 5.74) is -0.614. The van der Waals surface area contributed by atoms with E-state index in [9.17, 15) is 21.6 Å². The van der Waals surface area contributed by atoms with Crippen molar-refractivity contribution in [3.63, 3.8) is 0 Å². The van der Waals surface area contributed by atoms with Crippen LogP contribution >= 0.6 is 11.6 Å². The lowest BCUT2D eigenvalue weighted by molar-refractivity contribution is -0.137. The van der Waals surface area contributed by atoms with E-state index in [1.807, 2.05) is 0 Å². The first-order valence-electron chi connectivity index (χ1n) is 6.40. The summed E-state index contributed by atoms with van der Waals surface area (Å²) in [6, 6.07) is 5.08. The normalized spacial score (nSPS) is 13.8. The molecule has 1 N–H and O–H groups in total. The number of sulfonamides is 1. The number of pyridine rings is 1. The van der Waals surface area contributed by atoms with Crippen LogP contribution in [0.2, 0.25) is 5.02 Å². The third-order valence-corrected chi connectivity index (χ3v) is 4.94. The minimum absolute atomic E-state index is 0.509. The zero-order valence-corrected chi connectivity index (χ0v) is 13.4. The van der Waals surface area contributed by atoms with Crippen LogP contribution in [0.3, 0.4) is 0 Å². The fraction of sp³-hybridized carbons (Fsp3) is 0.214. The van der Waals surface area contributed by atoms with Crippen LogP contribution in [0.5, 0.6) is 0 Å². The fourth-order valence-electron chi connectivity index (χ4n) is 1.89. The fourth-order valence-corrected chi connectivity index (χ4v) is 3.37. The van der Waals surface area contributed by atoms with Crippen molar-refractivity contribution in [2.75, 3.05) is 0 Å². The average molecular weight is 365 g/mol. The van der Waals surface area contributed by atoms with E-state index in [-0.39, 0.29) is 0 Å². The Morgan fingerprint density at radius 2 is 1.96 bits per heavy atom. The predicted molar refractivity (Wildman–Crippen MR) is 79.4 cm³/mol. The molecule has 23 heavy (non-hydrogen) atoms. The number of nitrogens with one attached hydrogen (secondary N) is 1. The summed E-state index contributed by atoms with van der Waals surface area (Å²) >= 11 is 5.49. The molecule has 2 rings (SSSR count). The Hall–Kier alpha value is -1.64. The molecule has 1 aromatic heterocycles. The molecule has 0 bridgehead atoms. The van der Waals surface area contributed by atoms with Crippen molar-refractivity contribution in [3.8, 4) is 0 Å². The van der Waals surface area contributed by atoms with Gasteiger partial charge in [0.1, 0.15) is 0 Å². The van der Waals surface area contributed by atoms with Gasteiger partial charge in [-0.25, -0.2) is 13.1 Å². The lowest BCUT2D eigenvalue weighted by atomic mass is 10.2. The molecule has 2 aromatic rings. The van der Waals surface area contributed by atoms with Crippen LogP contribution < -0.4 is 4.72 Å². The van der Waals surface area contributed by atoms with Gasteiger partial charge in [-0.15, -0.1) is 0 Å². The third-order valence-electron chi connectivity index (χ3n) is 3.07. The van der Waals surface area contributed by atoms with Crippen molar-refractivity contribution in [2.45, 2.75) is 24.0 Å². The first-order chi connectivity index (χ1) is 10.6. The summed E-state index contributed by atoms with van der Waals surface area (Å²) in [6.07, 6.45) is -1.74. The number of rotatable bonds is 4. The Kier molecular flexibility index (Phi) is 4.98. The minimum atomic E-state index is -4.74. The topological polar surface area (TPSA) is 59.1 Å². The monoisotopic (exact) mass is 364 g/mol. The summed E-state index contributed by atoms with van der Waals surface area (Å²) in [7, 11) is -4.14. The SMILES string of the molecule is C[C@@H](NS(=O)(=O)c1ccc(Cl)c(C(F)(F)F)c1)c1cccnc1. The van der Waals surface area contributed by atoms with Crippen LogP contribution in [0.15, 0.2) is 47.6 Å². The summed E-state index contributed by atoms with van der Waals surface area (Å²) in [5.74, 6) is 0. The number of hydrogen-bond donors (Lipinski definition) is 1. The molecule has 1 aromatic carbocycles. The lowest BCUT2D eigenvalue weighted by Gasteiger charge is -2.16. The highest BCUT2D eigenvalue weighted by Crippen LogP contribution is 2.36. The number of alkyl halides is 3. The zero-order chi connectivity index (χ0) is 17.3. The second-order valence-corrected chi connectivity index (χ2v) is 6.89. The smallest absolute Gasteiger partial charge is 0.264 e. The molecule has 4 nitrogen and oxygen atoms in total. The molecule has 0 spiro atoms. The van der Waals surface area contributed by atoms with Crippen LogP contribution in [-0.4, -0.2) is 13.4 Å². The minimum Gasteiger partial charge on any atom is -0.264 e. The van der Waals surface area contributed by atoms with Gasteiger partial charge in [0, 0.05) is 18.4 Å². The molecule has 1 heterocycles. The molecule has 0 aliphatic rings. The van der Waals surface area contributed by atoms with Crippen molar-refractivity contribution >= 4 is 21.6 Å². The number of nitrogens with zero attached hydrogens (tertiary/aromatic N) is 1. The standard InChI is InChI=1S/C14H12ClF3N2O2S/c1-9(10-3-2-6-19-8-10)20-23(21,22)11-4-5-13(15)12(7-11)14(16,17)18/h2-9,20H,1H3/t9-/m1/s1. The quantitative estimate of drug-likeness (QED) is 0.897. The van der Waals surface area contributed by atoms with Crippen LogP contribution in [0.4, 0.5) is 13.2 Å². The molecule has 124 valence electrons. The van der Waals surface area contributed by atoms with E-state index in [4.69, 9.17) is 11.6 Å². The predicted octanol–water partition coefficient (Wildman–Crippen LogP) is 3.79. The molecular weight excluding hydrogens is 353 g/mol. The molecular formula is C14H12ClF3N2O2S. The zero-order valence-electron chi connectivity index (χ0n) is 11.8. The van der Waals surface area contributed by atoms with E-state index in [1.54, 1.807) is 19.1 Å². The molecule has 0 radical (unpaired) electrons. The largest absolute Gasteiger partial charge is 0.417 e. The van der Waals surface area contributed by atoms with E-state index in [1.165, 1.54) is 12.4 Å². The Labute approximate surface area is 136 Å². The van der Waals surface area contributed by atoms with Gasteiger partial charge in [0.15, 0.2) is 0 Å². The van der Waals surface area contributed by atoms with Gasteiger partial charge in [-0.05, 0) is 36.8 Å². The second-order valence-electron chi connectivity index (χ2n) is 4.77. The summed E-state index contributed by atoms with van der Waals surface area (Å²) in [5, 5.41) is -0.559. The molecule has 0 aliphatic heterocycles. The van der Waals surface area contributed by atoms with Gasteiger partial charge in [0.2, 0.25) is 10.0 Å². The van der Waals surface area contributed by atoms with E-state index in [2.05, 4.69) is 9.71 Å². The van der Waals surface area contributed by atoms with Crippen molar-refractivity contribution in [3.05, 3.63) is 58.9 Å². The maximum absolute atomic E-state index is 12.8. The first kappa shape index (κ1) is 17.7. The second kappa shape index (κ2) is 6.46. The van der Waals surface area contributed by atoms with Crippen LogP contribution in [0.25, 0.3) is 0 Å². The van der Waals surface area contributed by atoms with Gasteiger partial charge in [-0.1, -0.05) is 17.7 Å². The summed E-state index contributed by atoms with van der Waals surface area (Å²) in [4.78, 5) is 3.36. The number of aromatic nitrogens is 1. The van der Waals surface area contributed by atoms with Crippen LogP contribution in [-0.2, 0) is 16.2 Å². The lowest BCUT2D eigenvalue weighted by Crippen LogP contribution is -2.27. The molecule has 0 fully saturated rings. The van der Waals surface area contributed by atoms with Crippen molar-refractivity contribution in [2.24, 2.45) is 0 Å². The van der Waals surface area contributed by atoms with Crippen LogP contribution in [0.1, 0.15) is 24.1 Å². The molecule has 0 aliphatic carbocycles. The maximum Gasteiger partial charge on any atom is 0.417 e. The number of halogens is 4. The molecule has 1 atom stereocenters. The summed E-state index contributed by atoms with van der Waals surface area (Å²) in [6.45, 7) is 1.56. The van der Waals surface area contributed by atoms with Crippen molar-refractivity contribution < 1.29 is 21.6 Å². The van der Waals surface area contributed by atoms with Crippen LogP contribution in [0, 0.1) is 0 Å². The molecule has 0 saturated heterocycles. The Morgan fingerprint density at radius 1 is 1.26 bits per heavy atom. The number of benzene rings is 1. The highest BCUT2D eigenvalue weighted by molar-refractivity contribution is 7.89. The Balaban J connectivity index is 2.34. The Morgan fingerprint density at radius 3 is 2.52 bits per heavy atom. The van der Waals surface area contributed by atoms with Gasteiger partial charge in [0.05, 0.1) is 15.5 Å². The van der Waals surface area contributed by atoms with Gasteiger partial charge >= 0.3 is 6.18 Å². The van der Waals surface area contributed by atoms with E-state index >= 15 is 0 Å². The maximum atomic E-state index is 12.8. The van der Waals surface area contributed by atoms with E-state index in [0.29, 0.717) is 11.6 Å². The first-order valence-corrected chi connectivity index (χ1v) is 8.26. The average Bonchev–Trinajstić information content (AvgIpc) is 2.46. The van der Waals surface area contributed by atoms with Gasteiger partial charge < -0.3 is 0 Å². The highest BCUT2D eigenvalue weighted by Gasteiger charge is 2.34. The molecule has 0 unspecified atom stereocenters. The van der Waals surface area contributed by atoms with Gasteiger partial charge in [-0.2, -0.15) is 13.2 Å². The van der Waals surface area contributed by atoms with E-state index in [0.717, 1.165) is 12.1 Å². The molecule has 9 heteroatoms. The molecule has 0 saturated carbocycles. The van der Waals surface area contributed by atoms with Crippen molar-refractivity contribution in [1.29, 1.82) is 0 Å². The van der Waals surface area contributed by atoms with Gasteiger partial charge in [-0.3, -0.25) is 4.98 Å². The van der Waals surface area contributed by atoms with E-state index < -0.39 is 37.7 Å². The van der Waals surface area contributed by atoms with Crippen molar-refractivity contribution in [1.82, 2.24) is 9.71 Å². The Bertz CT molecular complexity index is 795. The number of hydrogen-bond acceptors (Lipinski definition) is 3. The third kappa shape index (κ3) is 4.21. The van der Waals surface area contributed by atoms with Gasteiger partial charge in [0.25, 0.3) is 0 Å². The highest BCUT2D eigenvalue weighted by atomic mass is 35.5. The summed E-state index contributed by atoms with van der Waals surface area (Å²) < 4.78 is 65.3. The molecule has 0 amide bonds.